The number of anilines is 1. The third-order valence-electron chi connectivity index (χ3n) is 2.20. The Bertz CT molecular complexity index is 516. The summed E-state index contributed by atoms with van der Waals surface area (Å²) in [4.78, 5) is 0. The van der Waals surface area contributed by atoms with Crippen LogP contribution in [-0.2, 0) is 0 Å². The average Bonchev–Trinajstić information content (AvgIpc) is 2.69. The number of hydrogen-bond acceptors (Lipinski definition) is 3. The summed E-state index contributed by atoms with van der Waals surface area (Å²) in [6.07, 6.45) is 1.81. The normalized spacial score (nSPS) is 11.3. The Morgan fingerprint density at radius 2 is 2.12 bits per heavy atom. The van der Waals surface area contributed by atoms with Crippen molar-refractivity contribution in [1.82, 2.24) is 9.78 Å². The minimum Gasteiger partial charge on any atom is -0.396 e. The highest BCUT2D eigenvalue weighted by Gasteiger charge is 2.15. The van der Waals surface area contributed by atoms with E-state index in [0.717, 1.165) is 5.56 Å². The molecule has 0 aliphatic rings. The van der Waals surface area contributed by atoms with Gasteiger partial charge in [-0.05, 0) is 19.9 Å². The van der Waals surface area contributed by atoms with Crippen molar-refractivity contribution in [3.8, 4) is 11.3 Å². The second kappa shape index (κ2) is 4.28. The molecular weight excluding hydrogens is 265 g/mol. The summed E-state index contributed by atoms with van der Waals surface area (Å²) in [6.45, 7) is 4.08. The molecular formula is C10H11Cl2N3S. The van der Waals surface area contributed by atoms with Gasteiger partial charge in [-0.15, -0.1) is 11.3 Å². The van der Waals surface area contributed by atoms with E-state index in [1.807, 2.05) is 24.7 Å². The molecule has 0 unspecified atom stereocenters. The molecule has 0 bridgehead atoms. The van der Waals surface area contributed by atoms with Gasteiger partial charge in [-0.25, -0.2) is 0 Å². The van der Waals surface area contributed by atoms with Crippen molar-refractivity contribution in [2.45, 2.75) is 19.9 Å². The van der Waals surface area contributed by atoms with Crippen LogP contribution in [0.25, 0.3) is 11.3 Å². The third kappa shape index (κ3) is 2.05. The second-order valence-corrected chi connectivity index (χ2v) is 6.03. The van der Waals surface area contributed by atoms with E-state index in [1.54, 1.807) is 6.07 Å². The Morgan fingerprint density at radius 3 is 2.56 bits per heavy atom. The molecule has 0 radical (unpaired) electrons. The molecule has 0 aromatic carbocycles. The third-order valence-corrected chi connectivity index (χ3v) is 3.69. The first-order chi connectivity index (χ1) is 7.49. The van der Waals surface area contributed by atoms with E-state index in [9.17, 15) is 0 Å². The quantitative estimate of drug-likeness (QED) is 0.898. The average molecular weight is 276 g/mol. The molecule has 0 aliphatic heterocycles. The molecule has 2 aromatic heterocycles. The fourth-order valence-electron chi connectivity index (χ4n) is 1.38. The highest BCUT2D eigenvalue weighted by Crippen LogP contribution is 2.39. The Labute approximate surface area is 108 Å². The van der Waals surface area contributed by atoms with Crippen LogP contribution in [0.2, 0.25) is 8.67 Å². The summed E-state index contributed by atoms with van der Waals surface area (Å²) in [6, 6.07) is 2.06. The standard InChI is InChI=1S/C10H11Cl2N3S/c1-5(2)15-4-7(13)9(14-15)6-3-8(11)16-10(6)12/h3-5H,13H2,1-2H3. The summed E-state index contributed by atoms with van der Waals surface area (Å²) in [7, 11) is 0. The number of hydrogen-bond donors (Lipinski definition) is 1. The number of nitrogens with zero attached hydrogens (tertiary/aromatic N) is 2. The molecule has 16 heavy (non-hydrogen) atoms. The van der Waals surface area contributed by atoms with Crippen molar-refractivity contribution < 1.29 is 0 Å². The lowest BCUT2D eigenvalue weighted by molar-refractivity contribution is 0.534. The van der Waals surface area contributed by atoms with E-state index in [4.69, 9.17) is 28.9 Å². The molecule has 0 saturated carbocycles. The van der Waals surface area contributed by atoms with Crippen LogP contribution in [0.5, 0.6) is 0 Å². The van der Waals surface area contributed by atoms with Crippen LogP contribution in [0.15, 0.2) is 12.3 Å². The lowest BCUT2D eigenvalue weighted by Crippen LogP contribution is -2.00. The lowest BCUT2D eigenvalue weighted by atomic mass is 10.2. The smallest absolute Gasteiger partial charge is 0.118 e. The maximum Gasteiger partial charge on any atom is 0.118 e. The summed E-state index contributed by atoms with van der Waals surface area (Å²) in [5.74, 6) is 0. The molecule has 2 rings (SSSR count). The molecule has 6 heteroatoms. The van der Waals surface area contributed by atoms with Gasteiger partial charge in [0.15, 0.2) is 0 Å². The number of thiophene rings is 1. The van der Waals surface area contributed by atoms with Gasteiger partial charge in [0.2, 0.25) is 0 Å². The first-order valence-corrected chi connectivity index (χ1v) is 6.36. The molecule has 2 N–H and O–H groups in total. The zero-order valence-corrected chi connectivity index (χ0v) is 11.2. The van der Waals surface area contributed by atoms with Gasteiger partial charge in [-0.3, -0.25) is 4.68 Å². The largest absolute Gasteiger partial charge is 0.396 e. The van der Waals surface area contributed by atoms with E-state index in [0.29, 0.717) is 20.1 Å². The zero-order chi connectivity index (χ0) is 11.9. The van der Waals surface area contributed by atoms with E-state index < -0.39 is 0 Å². The molecule has 2 heterocycles. The van der Waals surface area contributed by atoms with Crippen LogP contribution >= 0.6 is 34.5 Å². The maximum absolute atomic E-state index is 6.07. The number of rotatable bonds is 2. The van der Waals surface area contributed by atoms with E-state index >= 15 is 0 Å². The molecule has 0 spiro atoms. The predicted octanol–water partition coefficient (Wildman–Crippen LogP) is 4.08. The van der Waals surface area contributed by atoms with Crippen LogP contribution in [0, 0.1) is 0 Å². The summed E-state index contributed by atoms with van der Waals surface area (Å²) in [5.41, 5.74) is 8.02. The Morgan fingerprint density at radius 1 is 1.44 bits per heavy atom. The first kappa shape index (κ1) is 11.8. The monoisotopic (exact) mass is 275 g/mol. The minimum atomic E-state index is 0.268. The number of nitrogen functional groups attached to an aromatic ring is 1. The van der Waals surface area contributed by atoms with Gasteiger partial charge >= 0.3 is 0 Å². The summed E-state index contributed by atoms with van der Waals surface area (Å²) >= 11 is 13.3. The number of aromatic nitrogens is 2. The highest BCUT2D eigenvalue weighted by molar-refractivity contribution is 7.20. The molecule has 86 valence electrons. The van der Waals surface area contributed by atoms with Crippen molar-refractivity contribution in [3.63, 3.8) is 0 Å². The Hall–Kier alpha value is -0.710. The van der Waals surface area contributed by atoms with Crippen LogP contribution in [0.3, 0.4) is 0 Å². The van der Waals surface area contributed by atoms with E-state index in [-0.39, 0.29) is 6.04 Å². The Balaban J connectivity index is 2.52. The fourth-order valence-corrected chi connectivity index (χ4v) is 2.85. The van der Waals surface area contributed by atoms with Crippen molar-refractivity contribution in [2.24, 2.45) is 0 Å². The molecule has 0 aliphatic carbocycles. The molecule has 0 atom stereocenters. The number of halogens is 2. The van der Waals surface area contributed by atoms with Crippen LogP contribution < -0.4 is 5.73 Å². The van der Waals surface area contributed by atoms with Crippen LogP contribution in [0.4, 0.5) is 5.69 Å². The van der Waals surface area contributed by atoms with Gasteiger partial charge in [0, 0.05) is 17.8 Å². The fraction of sp³-hybridized carbons (Fsp3) is 0.300. The lowest BCUT2D eigenvalue weighted by Gasteiger charge is -2.02. The highest BCUT2D eigenvalue weighted by atomic mass is 35.5. The first-order valence-electron chi connectivity index (χ1n) is 4.79. The van der Waals surface area contributed by atoms with Gasteiger partial charge in [0.25, 0.3) is 0 Å². The molecule has 0 saturated heterocycles. The molecule has 3 nitrogen and oxygen atoms in total. The van der Waals surface area contributed by atoms with Crippen molar-refractivity contribution in [1.29, 1.82) is 0 Å². The Kier molecular flexibility index (Phi) is 3.15. The molecule has 0 amide bonds. The second-order valence-electron chi connectivity index (χ2n) is 3.74. The maximum atomic E-state index is 6.07. The van der Waals surface area contributed by atoms with Gasteiger partial charge in [-0.2, -0.15) is 5.10 Å². The van der Waals surface area contributed by atoms with Crippen molar-refractivity contribution in [3.05, 3.63) is 20.9 Å². The molecule has 0 fully saturated rings. The minimum absolute atomic E-state index is 0.268. The predicted molar refractivity (Wildman–Crippen MR) is 70.4 cm³/mol. The van der Waals surface area contributed by atoms with E-state index in [1.165, 1.54) is 11.3 Å². The van der Waals surface area contributed by atoms with Crippen molar-refractivity contribution >= 4 is 40.2 Å². The van der Waals surface area contributed by atoms with Gasteiger partial charge in [0.1, 0.15) is 10.0 Å². The van der Waals surface area contributed by atoms with Gasteiger partial charge < -0.3 is 5.73 Å². The van der Waals surface area contributed by atoms with Crippen LogP contribution in [-0.4, -0.2) is 9.78 Å². The van der Waals surface area contributed by atoms with Gasteiger partial charge in [-0.1, -0.05) is 23.2 Å². The van der Waals surface area contributed by atoms with E-state index in [2.05, 4.69) is 5.10 Å². The SMILES string of the molecule is CC(C)n1cc(N)c(-c2cc(Cl)sc2Cl)n1. The molecule has 2 aromatic rings. The summed E-state index contributed by atoms with van der Waals surface area (Å²) < 4.78 is 3.07. The van der Waals surface area contributed by atoms with Crippen molar-refractivity contribution in [2.75, 3.05) is 5.73 Å². The van der Waals surface area contributed by atoms with Gasteiger partial charge in [0.05, 0.1) is 10.0 Å². The topological polar surface area (TPSA) is 43.8 Å². The van der Waals surface area contributed by atoms with Crippen LogP contribution in [0.1, 0.15) is 19.9 Å². The summed E-state index contributed by atoms with van der Waals surface area (Å²) in [5, 5.41) is 4.41. The number of nitrogens with two attached hydrogens (primary N) is 1. The zero-order valence-electron chi connectivity index (χ0n) is 8.87.